The van der Waals surface area contributed by atoms with Gasteiger partial charge in [-0.15, -0.1) is 0 Å². The lowest BCUT2D eigenvalue weighted by molar-refractivity contribution is -0.0896. The molecule has 1 aliphatic rings. The van der Waals surface area contributed by atoms with Crippen molar-refractivity contribution in [1.29, 1.82) is 0 Å². The van der Waals surface area contributed by atoms with E-state index >= 15 is 0 Å². The van der Waals surface area contributed by atoms with E-state index < -0.39 is 0 Å². The number of methoxy groups -OCH3 is 1. The summed E-state index contributed by atoms with van der Waals surface area (Å²) in [4.78, 5) is 0. The highest BCUT2D eigenvalue weighted by molar-refractivity contribution is 9.10. The lowest BCUT2D eigenvalue weighted by atomic mass is 9.73. The average Bonchev–Trinajstić information content (AvgIpc) is 2.21. The van der Waals surface area contributed by atoms with Gasteiger partial charge in [-0.2, -0.15) is 0 Å². The molecule has 1 unspecified atom stereocenters. The van der Waals surface area contributed by atoms with Crippen LogP contribution in [-0.2, 0) is 11.2 Å². The van der Waals surface area contributed by atoms with Crippen LogP contribution in [-0.4, -0.2) is 18.8 Å². The first kappa shape index (κ1) is 13.3. The molecule has 0 radical (unpaired) electrons. The summed E-state index contributed by atoms with van der Waals surface area (Å²) >= 11 is 9.60. The molecule has 1 atom stereocenters. The van der Waals surface area contributed by atoms with Crippen molar-refractivity contribution in [3.63, 3.8) is 0 Å². The summed E-state index contributed by atoms with van der Waals surface area (Å²) in [6.07, 6.45) is 4.08. The Labute approximate surface area is 116 Å². The number of halogens is 2. The Morgan fingerprint density at radius 2 is 2.24 bits per heavy atom. The molecular weight excluding hydrogens is 302 g/mol. The molecule has 2 rings (SSSR count). The van der Waals surface area contributed by atoms with Gasteiger partial charge in [0.15, 0.2) is 0 Å². The van der Waals surface area contributed by atoms with E-state index in [4.69, 9.17) is 22.1 Å². The third kappa shape index (κ3) is 2.68. The van der Waals surface area contributed by atoms with Gasteiger partial charge in [-0.05, 0) is 43.4 Å². The number of rotatable bonds is 4. The van der Waals surface area contributed by atoms with Crippen LogP contribution in [0, 0.1) is 0 Å². The van der Waals surface area contributed by atoms with E-state index in [0.717, 1.165) is 34.3 Å². The fraction of sp³-hybridized carbons (Fsp3) is 0.538. The minimum Gasteiger partial charge on any atom is -0.377 e. The van der Waals surface area contributed by atoms with Crippen molar-refractivity contribution >= 4 is 27.5 Å². The molecule has 2 nitrogen and oxygen atoms in total. The summed E-state index contributed by atoms with van der Waals surface area (Å²) in [7, 11) is 1.75. The van der Waals surface area contributed by atoms with Gasteiger partial charge in [0, 0.05) is 22.6 Å². The highest BCUT2D eigenvalue weighted by Crippen LogP contribution is 2.38. The molecular formula is C13H17BrClNO. The van der Waals surface area contributed by atoms with Gasteiger partial charge in [0.25, 0.3) is 0 Å². The Hall–Kier alpha value is -0.0900. The summed E-state index contributed by atoms with van der Waals surface area (Å²) in [5, 5.41) is 0.764. The van der Waals surface area contributed by atoms with E-state index in [1.807, 2.05) is 18.2 Å². The minimum atomic E-state index is -0.129. The quantitative estimate of drug-likeness (QED) is 0.921. The van der Waals surface area contributed by atoms with E-state index in [9.17, 15) is 0 Å². The van der Waals surface area contributed by atoms with Crippen LogP contribution in [0.5, 0.6) is 0 Å². The van der Waals surface area contributed by atoms with Crippen LogP contribution in [0.3, 0.4) is 0 Å². The lowest BCUT2D eigenvalue weighted by Gasteiger charge is -2.45. The average molecular weight is 319 g/mol. The predicted molar refractivity (Wildman–Crippen MR) is 74.4 cm³/mol. The lowest BCUT2D eigenvalue weighted by Crippen LogP contribution is -2.55. The highest BCUT2D eigenvalue weighted by Gasteiger charge is 2.42. The second-order valence-electron chi connectivity index (χ2n) is 4.67. The first-order valence-electron chi connectivity index (χ1n) is 5.82. The Balaban J connectivity index is 2.10. The Kier molecular flexibility index (Phi) is 4.14. The van der Waals surface area contributed by atoms with Gasteiger partial charge in [0.2, 0.25) is 0 Å². The molecule has 1 fully saturated rings. The standard InChI is InChI=1S/C13H17BrClNO/c1-17-13(5-2-6-13)12(16)7-9-3-4-10(14)8-11(9)15/h3-4,8,12H,2,5-7,16H2,1H3. The fourth-order valence-electron chi connectivity index (χ4n) is 2.36. The van der Waals surface area contributed by atoms with E-state index in [1.54, 1.807) is 7.11 Å². The SMILES string of the molecule is COC1(C(N)Cc2ccc(Br)cc2Cl)CCC1. The summed E-state index contributed by atoms with van der Waals surface area (Å²) < 4.78 is 6.58. The molecule has 2 N–H and O–H groups in total. The molecule has 0 spiro atoms. The first-order valence-corrected chi connectivity index (χ1v) is 6.99. The summed E-state index contributed by atoms with van der Waals surface area (Å²) in [5.41, 5.74) is 7.23. The van der Waals surface area contributed by atoms with Gasteiger partial charge in [0.05, 0.1) is 5.60 Å². The highest BCUT2D eigenvalue weighted by atomic mass is 79.9. The van der Waals surface area contributed by atoms with Gasteiger partial charge < -0.3 is 10.5 Å². The molecule has 94 valence electrons. The van der Waals surface area contributed by atoms with Crippen LogP contribution >= 0.6 is 27.5 Å². The molecule has 1 aliphatic carbocycles. The van der Waals surface area contributed by atoms with Crippen molar-refractivity contribution in [2.75, 3.05) is 7.11 Å². The molecule has 1 aromatic rings. The number of hydrogen-bond donors (Lipinski definition) is 1. The normalized spacial score (nSPS) is 19.8. The molecule has 0 saturated heterocycles. The zero-order valence-electron chi connectivity index (χ0n) is 9.88. The Morgan fingerprint density at radius 3 is 2.71 bits per heavy atom. The molecule has 0 aliphatic heterocycles. The molecule has 1 aromatic carbocycles. The van der Waals surface area contributed by atoms with Crippen molar-refractivity contribution in [1.82, 2.24) is 0 Å². The van der Waals surface area contributed by atoms with Crippen LogP contribution in [0.15, 0.2) is 22.7 Å². The number of benzene rings is 1. The van der Waals surface area contributed by atoms with Gasteiger partial charge in [-0.1, -0.05) is 33.6 Å². The fourth-order valence-corrected chi connectivity index (χ4v) is 3.11. The minimum absolute atomic E-state index is 0.0138. The zero-order chi connectivity index (χ0) is 12.5. The molecule has 1 saturated carbocycles. The van der Waals surface area contributed by atoms with Gasteiger partial charge in [0.1, 0.15) is 0 Å². The predicted octanol–water partition coefficient (Wildman–Crippen LogP) is 3.54. The van der Waals surface area contributed by atoms with Gasteiger partial charge in [-0.3, -0.25) is 0 Å². The molecule has 0 heterocycles. The summed E-state index contributed by atoms with van der Waals surface area (Å²) in [5.74, 6) is 0. The summed E-state index contributed by atoms with van der Waals surface area (Å²) in [6.45, 7) is 0. The second-order valence-corrected chi connectivity index (χ2v) is 5.99. The molecule has 0 aromatic heterocycles. The Bertz CT molecular complexity index is 401. The number of hydrogen-bond acceptors (Lipinski definition) is 2. The van der Waals surface area contributed by atoms with Gasteiger partial charge in [-0.25, -0.2) is 0 Å². The smallest absolute Gasteiger partial charge is 0.0832 e. The van der Waals surface area contributed by atoms with Crippen LogP contribution in [0.2, 0.25) is 5.02 Å². The van der Waals surface area contributed by atoms with Crippen molar-refractivity contribution in [3.8, 4) is 0 Å². The van der Waals surface area contributed by atoms with Crippen molar-refractivity contribution in [2.24, 2.45) is 5.73 Å². The van der Waals surface area contributed by atoms with Crippen LogP contribution in [0.4, 0.5) is 0 Å². The second kappa shape index (κ2) is 5.27. The van der Waals surface area contributed by atoms with Crippen molar-refractivity contribution < 1.29 is 4.74 Å². The molecule has 0 amide bonds. The monoisotopic (exact) mass is 317 g/mol. The van der Waals surface area contributed by atoms with Gasteiger partial charge >= 0.3 is 0 Å². The largest absolute Gasteiger partial charge is 0.377 e. The third-order valence-electron chi connectivity index (χ3n) is 3.74. The maximum absolute atomic E-state index is 6.27. The first-order chi connectivity index (χ1) is 8.07. The maximum atomic E-state index is 6.27. The molecule has 0 bridgehead atoms. The molecule has 4 heteroatoms. The number of nitrogens with two attached hydrogens (primary N) is 1. The van der Waals surface area contributed by atoms with Crippen molar-refractivity contribution in [3.05, 3.63) is 33.3 Å². The van der Waals surface area contributed by atoms with E-state index in [-0.39, 0.29) is 11.6 Å². The number of ether oxygens (including phenoxy) is 1. The zero-order valence-corrected chi connectivity index (χ0v) is 12.2. The van der Waals surface area contributed by atoms with E-state index in [2.05, 4.69) is 15.9 Å². The third-order valence-corrected chi connectivity index (χ3v) is 4.58. The maximum Gasteiger partial charge on any atom is 0.0832 e. The topological polar surface area (TPSA) is 35.2 Å². The van der Waals surface area contributed by atoms with Crippen molar-refractivity contribution in [2.45, 2.75) is 37.3 Å². The van der Waals surface area contributed by atoms with Crippen LogP contribution in [0.25, 0.3) is 0 Å². The van der Waals surface area contributed by atoms with Crippen LogP contribution in [0.1, 0.15) is 24.8 Å². The van der Waals surface area contributed by atoms with E-state index in [0.29, 0.717) is 0 Å². The Morgan fingerprint density at radius 1 is 1.53 bits per heavy atom. The molecule has 17 heavy (non-hydrogen) atoms. The summed E-state index contributed by atoms with van der Waals surface area (Å²) in [6, 6.07) is 5.94. The van der Waals surface area contributed by atoms with E-state index in [1.165, 1.54) is 6.42 Å². The van der Waals surface area contributed by atoms with Crippen LogP contribution < -0.4 is 5.73 Å².